The van der Waals surface area contributed by atoms with Gasteiger partial charge in [0.05, 0.1) is 13.0 Å². The molecule has 0 bridgehead atoms. The summed E-state index contributed by atoms with van der Waals surface area (Å²) in [7, 11) is -4.02. The second-order valence-electron chi connectivity index (χ2n) is 4.74. The minimum Gasteiger partial charge on any atom is -0.492 e. The van der Waals surface area contributed by atoms with Crippen LogP contribution in [0.5, 0.6) is 5.75 Å². The molecule has 1 aliphatic heterocycles. The maximum Gasteiger partial charge on any atom is 0.395 e. The van der Waals surface area contributed by atoms with E-state index in [-0.39, 0.29) is 20.8 Å². The summed E-state index contributed by atoms with van der Waals surface area (Å²) in [6.45, 7) is 0.385. The standard InChI is InChI=1S/C12H10F3N3O3S2/c13-12(14,15)6-9-16-17-11(22-9)18-23(19,20)8-3-1-2-7-4-5-21-10(7)8/h1-3H,4-6H2,(H,17,18). The Morgan fingerprint density at radius 2 is 2.09 bits per heavy atom. The number of para-hydroxylation sites is 1. The lowest BCUT2D eigenvalue weighted by Crippen LogP contribution is -2.13. The molecule has 6 nitrogen and oxygen atoms in total. The second-order valence-corrected chi connectivity index (χ2v) is 7.45. The van der Waals surface area contributed by atoms with Crippen molar-refractivity contribution in [1.29, 1.82) is 0 Å². The molecule has 0 unspecified atom stereocenters. The van der Waals surface area contributed by atoms with Crippen LogP contribution in [0.25, 0.3) is 0 Å². The van der Waals surface area contributed by atoms with Crippen molar-refractivity contribution >= 4 is 26.5 Å². The van der Waals surface area contributed by atoms with Crippen LogP contribution in [0.15, 0.2) is 23.1 Å². The van der Waals surface area contributed by atoms with E-state index in [1.54, 1.807) is 12.1 Å². The van der Waals surface area contributed by atoms with Crippen LogP contribution in [-0.4, -0.2) is 31.4 Å². The van der Waals surface area contributed by atoms with E-state index in [0.29, 0.717) is 24.4 Å². The van der Waals surface area contributed by atoms with Gasteiger partial charge >= 0.3 is 6.18 Å². The van der Waals surface area contributed by atoms with Gasteiger partial charge in [0.25, 0.3) is 10.0 Å². The van der Waals surface area contributed by atoms with E-state index in [9.17, 15) is 21.6 Å². The van der Waals surface area contributed by atoms with E-state index in [4.69, 9.17) is 4.74 Å². The normalized spacial score (nSPS) is 14.4. The molecule has 0 amide bonds. The number of halogens is 3. The second kappa shape index (κ2) is 5.64. The molecule has 1 aliphatic rings. The van der Waals surface area contributed by atoms with Gasteiger partial charge in [-0.25, -0.2) is 8.42 Å². The maximum absolute atomic E-state index is 12.4. The highest BCUT2D eigenvalue weighted by Gasteiger charge is 2.31. The summed E-state index contributed by atoms with van der Waals surface area (Å²) >= 11 is 0.541. The van der Waals surface area contributed by atoms with E-state index in [2.05, 4.69) is 14.9 Å². The quantitative estimate of drug-likeness (QED) is 0.900. The number of rotatable bonds is 4. The fraction of sp³-hybridized carbons (Fsp3) is 0.333. The maximum atomic E-state index is 12.4. The molecule has 0 saturated carbocycles. The molecular formula is C12H10F3N3O3S2. The Morgan fingerprint density at radius 1 is 1.30 bits per heavy atom. The summed E-state index contributed by atoms with van der Waals surface area (Å²) in [6, 6.07) is 4.70. The number of hydrogen-bond donors (Lipinski definition) is 1. The summed E-state index contributed by atoms with van der Waals surface area (Å²) in [5, 5.41) is 6.25. The van der Waals surface area contributed by atoms with Crippen molar-refractivity contribution in [2.24, 2.45) is 0 Å². The molecule has 0 aliphatic carbocycles. The number of anilines is 1. The number of nitrogens with one attached hydrogen (secondary N) is 1. The van der Waals surface area contributed by atoms with Gasteiger partial charge in [-0.05, 0) is 11.6 Å². The van der Waals surface area contributed by atoms with Gasteiger partial charge in [-0.1, -0.05) is 23.5 Å². The van der Waals surface area contributed by atoms with E-state index in [1.165, 1.54) is 6.07 Å². The Morgan fingerprint density at radius 3 is 2.83 bits per heavy atom. The van der Waals surface area contributed by atoms with Crippen LogP contribution in [0, 0.1) is 0 Å². The van der Waals surface area contributed by atoms with Crippen LogP contribution < -0.4 is 9.46 Å². The van der Waals surface area contributed by atoms with Crippen LogP contribution in [-0.2, 0) is 22.9 Å². The summed E-state index contributed by atoms with van der Waals surface area (Å²) in [5.74, 6) is 0.264. The molecule has 0 fully saturated rings. The first-order valence-corrected chi connectivity index (χ1v) is 8.71. The number of hydrogen-bond acceptors (Lipinski definition) is 6. The molecule has 0 saturated heterocycles. The molecule has 1 aromatic carbocycles. The highest BCUT2D eigenvalue weighted by molar-refractivity contribution is 7.93. The third kappa shape index (κ3) is 3.55. The van der Waals surface area contributed by atoms with Crippen LogP contribution in [0.4, 0.5) is 18.3 Å². The Hall–Kier alpha value is -1.88. The number of alkyl halides is 3. The first kappa shape index (κ1) is 16.0. The lowest BCUT2D eigenvalue weighted by Gasteiger charge is -2.09. The van der Waals surface area contributed by atoms with Gasteiger partial charge in [-0.15, -0.1) is 10.2 Å². The van der Waals surface area contributed by atoms with Crippen molar-refractivity contribution in [1.82, 2.24) is 10.2 Å². The van der Waals surface area contributed by atoms with Crippen molar-refractivity contribution in [2.45, 2.75) is 23.9 Å². The zero-order valence-corrected chi connectivity index (χ0v) is 13.1. The Kier molecular flexibility index (Phi) is 3.92. The average molecular weight is 365 g/mol. The summed E-state index contributed by atoms with van der Waals surface area (Å²) in [5.41, 5.74) is 0.767. The van der Waals surface area contributed by atoms with Crippen molar-refractivity contribution in [3.8, 4) is 5.75 Å². The lowest BCUT2D eigenvalue weighted by molar-refractivity contribution is -0.127. The van der Waals surface area contributed by atoms with Crippen molar-refractivity contribution in [3.05, 3.63) is 28.8 Å². The highest BCUT2D eigenvalue weighted by Crippen LogP contribution is 2.34. The SMILES string of the molecule is O=S(=O)(Nc1nnc(CC(F)(F)F)s1)c1cccc2c1OCC2. The predicted molar refractivity (Wildman–Crippen MR) is 76.1 cm³/mol. The topological polar surface area (TPSA) is 81.2 Å². The van der Waals surface area contributed by atoms with Gasteiger partial charge in [-0.3, -0.25) is 4.72 Å². The van der Waals surface area contributed by atoms with Gasteiger partial charge in [-0.2, -0.15) is 13.2 Å². The smallest absolute Gasteiger partial charge is 0.395 e. The molecule has 0 spiro atoms. The fourth-order valence-electron chi connectivity index (χ4n) is 2.10. The summed E-state index contributed by atoms with van der Waals surface area (Å²) in [4.78, 5) is -0.0694. The molecule has 1 aromatic heterocycles. The number of benzene rings is 1. The van der Waals surface area contributed by atoms with E-state index in [0.717, 1.165) is 5.56 Å². The van der Waals surface area contributed by atoms with Crippen LogP contribution in [0.2, 0.25) is 0 Å². The molecule has 2 heterocycles. The van der Waals surface area contributed by atoms with Crippen LogP contribution >= 0.6 is 11.3 Å². The number of sulfonamides is 1. The van der Waals surface area contributed by atoms with Crippen molar-refractivity contribution < 1.29 is 26.3 Å². The largest absolute Gasteiger partial charge is 0.492 e. The van der Waals surface area contributed by atoms with Gasteiger partial charge in [0.2, 0.25) is 5.13 Å². The molecule has 3 rings (SSSR count). The number of fused-ring (bicyclic) bond motifs is 1. The Bertz CT molecular complexity index is 834. The molecular weight excluding hydrogens is 355 g/mol. The number of aromatic nitrogens is 2. The zero-order valence-electron chi connectivity index (χ0n) is 11.4. The minimum atomic E-state index is -4.43. The zero-order chi connectivity index (χ0) is 16.7. The third-order valence-electron chi connectivity index (χ3n) is 3.01. The van der Waals surface area contributed by atoms with Crippen molar-refractivity contribution in [3.63, 3.8) is 0 Å². The van der Waals surface area contributed by atoms with Gasteiger partial charge < -0.3 is 4.74 Å². The Balaban J connectivity index is 1.84. The first-order chi connectivity index (χ1) is 10.7. The predicted octanol–water partition coefficient (Wildman–Crippen LogP) is 2.38. The molecule has 11 heteroatoms. The minimum absolute atomic E-state index is 0.0694. The molecule has 23 heavy (non-hydrogen) atoms. The molecule has 0 radical (unpaired) electrons. The van der Waals surface area contributed by atoms with Gasteiger partial charge in [0.1, 0.15) is 15.7 Å². The lowest BCUT2D eigenvalue weighted by atomic mass is 10.2. The van der Waals surface area contributed by atoms with Gasteiger partial charge in [0, 0.05) is 6.42 Å². The highest BCUT2D eigenvalue weighted by atomic mass is 32.2. The fourth-order valence-corrected chi connectivity index (χ4v) is 4.29. The van der Waals surface area contributed by atoms with Crippen LogP contribution in [0.3, 0.4) is 0 Å². The number of nitrogens with zero attached hydrogens (tertiary/aromatic N) is 2. The summed E-state index contributed by atoms with van der Waals surface area (Å²) in [6.07, 6.45) is -5.08. The monoisotopic (exact) mass is 365 g/mol. The molecule has 1 N–H and O–H groups in total. The average Bonchev–Trinajstić information content (AvgIpc) is 3.04. The third-order valence-corrected chi connectivity index (χ3v) is 5.34. The Labute approximate surface area is 133 Å². The van der Waals surface area contributed by atoms with Gasteiger partial charge in [0.15, 0.2) is 0 Å². The molecule has 2 aromatic rings. The molecule has 0 atom stereocenters. The van der Waals surface area contributed by atoms with E-state index in [1.807, 2.05) is 0 Å². The van der Waals surface area contributed by atoms with Crippen molar-refractivity contribution in [2.75, 3.05) is 11.3 Å². The van der Waals surface area contributed by atoms with Crippen LogP contribution in [0.1, 0.15) is 10.6 Å². The van der Waals surface area contributed by atoms with E-state index >= 15 is 0 Å². The van der Waals surface area contributed by atoms with E-state index < -0.39 is 22.6 Å². The number of ether oxygens (including phenoxy) is 1. The summed E-state index contributed by atoms with van der Waals surface area (Å²) < 4.78 is 69.1. The molecule has 124 valence electrons. The first-order valence-electron chi connectivity index (χ1n) is 6.41.